The van der Waals surface area contributed by atoms with Gasteiger partial charge in [-0.1, -0.05) is 13.0 Å². The molecule has 1 aromatic rings. The summed E-state index contributed by atoms with van der Waals surface area (Å²) in [6.07, 6.45) is 1.15. The number of ether oxygens (including phenoxy) is 2. The lowest BCUT2D eigenvalue weighted by atomic mass is 10.2. The van der Waals surface area contributed by atoms with E-state index in [0.717, 1.165) is 17.9 Å². The smallest absolute Gasteiger partial charge is 0.250 e. The van der Waals surface area contributed by atoms with Gasteiger partial charge in [0, 0.05) is 11.8 Å². The van der Waals surface area contributed by atoms with Crippen LogP contribution in [0.15, 0.2) is 24.3 Å². The van der Waals surface area contributed by atoms with Crippen LogP contribution < -0.4 is 10.1 Å². The van der Waals surface area contributed by atoms with E-state index < -0.39 is 0 Å². The zero-order valence-electron chi connectivity index (χ0n) is 12.1. The highest BCUT2D eigenvalue weighted by Crippen LogP contribution is 2.19. The number of rotatable bonds is 7. The van der Waals surface area contributed by atoms with E-state index in [1.807, 2.05) is 45.0 Å². The summed E-state index contributed by atoms with van der Waals surface area (Å²) in [5.41, 5.74) is 0.721. The summed E-state index contributed by atoms with van der Waals surface area (Å²) in [4.78, 5) is 11.6. The molecule has 0 bridgehead atoms. The molecule has 0 fully saturated rings. The fourth-order valence-corrected chi connectivity index (χ4v) is 1.40. The average molecular weight is 265 g/mol. The first-order valence-corrected chi connectivity index (χ1v) is 6.69. The van der Waals surface area contributed by atoms with Crippen LogP contribution in [0.25, 0.3) is 0 Å². The zero-order valence-corrected chi connectivity index (χ0v) is 12.1. The number of hydrogen-bond donors (Lipinski definition) is 1. The van der Waals surface area contributed by atoms with Crippen molar-refractivity contribution in [3.8, 4) is 5.75 Å². The van der Waals surface area contributed by atoms with E-state index in [-0.39, 0.29) is 24.7 Å². The van der Waals surface area contributed by atoms with Gasteiger partial charge in [-0.15, -0.1) is 0 Å². The van der Waals surface area contributed by atoms with Crippen LogP contribution in [0.4, 0.5) is 5.69 Å². The van der Waals surface area contributed by atoms with Crippen molar-refractivity contribution < 1.29 is 14.3 Å². The van der Waals surface area contributed by atoms with Crippen LogP contribution in [0.1, 0.15) is 34.1 Å². The lowest BCUT2D eigenvalue weighted by Gasteiger charge is -2.14. The van der Waals surface area contributed by atoms with Crippen LogP contribution >= 0.6 is 0 Å². The molecule has 106 valence electrons. The van der Waals surface area contributed by atoms with E-state index >= 15 is 0 Å². The minimum atomic E-state index is -0.158. The van der Waals surface area contributed by atoms with Crippen LogP contribution in [0, 0.1) is 0 Å². The Hall–Kier alpha value is -1.55. The second kappa shape index (κ2) is 7.79. The summed E-state index contributed by atoms with van der Waals surface area (Å²) in [6.45, 7) is 7.94. The van der Waals surface area contributed by atoms with Gasteiger partial charge in [-0.05, 0) is 39.3 Å². The molecule has 1 atom stereocenters. The second-order valence-electron chi connectivity index (χ2n) is 4.77. The van der Waals surface area contributed by atoms with Crippen molar-refractivity contribution in [3.05, 3.63) is 24.3 Å². The van der Waals surface area contributed by atoms with Crippen LogP contribution in [0.2, 0.25) is 0 Å². The standard InChI is InChI=1S/C15H23NO3/c1-5-12(4)19-14-8-6-7-13(9-14)16-15(17)10-18-11(2)3/h6-9,11-12H,5,10H2,1-4H3,(H,16,17). The predicted octanol–water partition coefficient (Wildman–Crippen LogP) is 3.23. The van der Waals surface area contributed by atoms with E-state index in [1.165, 1.54) is 0 Å². The molecule has 1 N–H and O–H groups in total. The first kappa shape index (κ1) is 15.5. The molecule has 0 aliphatic heterocycles. The quantitative estimate of drug-likeness (QED) is 0.823. The molecule has 1 amide bonds. The molecule has 0 aliphatic carbocycles. The van der Waals surface area contributed by atoms with Gasteiger partial charge in [0.1, 0.15) is 12.4 Å². The van der Waals surface area contributed by atoms with Gasteiger partial charge in [0.15, 0.2) is 0 Å². The topological polar surface area (TPSA) is 47.6 Å². The molecule has 4 heteroatoms. The number of nitrogens with one attached hydrogen (secondary N) is 1. The van der Waals surface area contributed by atoms with E-state index in [9.17, 15) is 4.79 Å². The number of carbonyl (C=O) groups is 1. The number of carbonyl (C=O) groups excluding carboxylic acids is 1. The molecule has 0 spiro atoms. The number of amides is 1. The van der Waals surface area contributed by atoms with E-state index in [2.05, 4.69) is 12.2 Å². The van der Waals surface area contributed by atoms with Gasteiger partial charge in [-0.2, -0.15) is 0 Å². The third-order valence-corrected chi connectivity index (χ3v) is 2.58. The molecule has 4 nitrogen and oxygen atoms in total. The Balaban J connectivity index is 2.54. The van der Waals surface area contributed by atoms with Crippen molar-refractivity contribution in [2.75, 3.05) is 11.9 Å². The summed E-state index contributed by atoms with van der Waals surface area (Å²) >= 11 is 0. The van der Waals surface area contributed by atoms with Gasteiger partial charge in [0.05, 0.1) is 12.2 Å². The highest BCUT2D eigenvalue weighted by Gasteiger charge is 2.06. The monoisotopic (exact) mass is 265 g/mol. The Morgan fingerprint density at radius 2 is 2.05 bits per heavy atom. The Morgan fingerprint density at radius 1 is 1.32 bits per heavy atom. The predicted molar refractivity (Wildman–Crippen MR) is 76.5 cm³/mol. The van der Waals surface area contributed by atoms with Gasteiger partial charge in [-0.3, -0.25) is 4.79 Å². The molecule has 1 aromatic carbocycles. The van der Waals surface area contributed by atoms with Gasteiger partial charge < -0.3 is 14.8 Å². The van der Waals surface area contributed by atoms with E-state index in [4.69, 9.17) is 9.47 Å². The molecule has 0 aromatic heterocycles. The molecule has 1 unspecified atom stereocenters. The third-order valence-electron chi connectivity index (χ3n) is 2.58. The number of anilines is 1. The summed E-state index contributed by atoms with van der Waals surface area (Å²) in [5, 5.41) is 2.78. The van der Waals surface area contributed by atoms with Crippen LogP contribution in [0.3, 0.4) is 0 Å². The lowest BCUT2D eigenvalue weighted by molar-refractivity contribution is -0.121. The van der Waals surface area contributed by atoms with Crippen LogP contribution in [-0.4, -0.2) is 24.7 Å². The first-order chi connectivity index (χ1) is 9.01. The Kier molecular flexibility index (Phi) is 6.36. The molecule has 0 heterocycles. The normalized spacial score (nSPS) is 12.3. The van der Waals surface area contributed by atoms with Crippen molar-refractivity contribution in [3.63, 3.8) is 0 Å². The Morgan fingerprint density at radius 3 is 2.68 bits per heavy atom. The highest BCUT2D eigenvalue weighted by molar-refractivity contribution is 5.91. The lowest BCUT2D eigenvalue weighted by Crippen LogP contribution is -2.20. The molecule has 0 radical (unpaired) electrons. The molecular formula is C15H23NO3. The minimum Gasteiger partial charge on any atom is -0.491 e. The summed E-state index contributed by atoms with van der Waals surface area (Å²) in [5.74, 6) is 0.603. The second-order valence-corrected chi connectivity index (χ2v) is 4.77. The van der Waals surface area contributed by atoms with Gasteiger partial charge >= 0.3 is 0 Å². The molecule has 0 saturated carbocycles. The van der Waals surface area contributed by atoms with Gasteiger partial charge in [-0.25, -0.2) is 0 Å². The average Bonchev–Trinajstić information content (AvgIpc) is 2.36. The summed E-state index contributed by atoms with van der Waals surface area (Å²) < 4.78 is 10.9. The van der Waals surface area contributed by atoms with E-state index in [1.54, 1.807) is 0 Å². The number of benzene rings is 1. The van der Waals surface area contributed by atoms with Crippen molar-refractivity contribution in [2.45, 2.75) is 46.3 Å². The number of hydrogen-bond acceptors (Lipinski definition) is 3. The molecule has 0 aliphatic rings. The van der Waals surface area contributed by atoms with Crippen LogP contribution in [-0.2, 0) is 9.53 Å². The van der Waals surface area contributed by atoms with Gasteiger partial charge in [0.2, 0.25) is 5.91 Å². The van der Waals surface area contributed by atoms with Crippen LogP contribution in [0.5, 0.6) is 5.75 Å². The minimum absolute atomic E-state index is 0.0471. The Bertz CT molecular complexity index is 404. The maximum Gasteiger partial charge on any atom is 0.250 e. The van der Waals surface area contributed by atoms with E-state index in [0.29, 0.717) is 0 Å². The fraction of sp³-hybridized carbons (Fsp3) is 0.533. The summed E-state index contributed by atoms with van der Waals surface area (Å²) in [6, 6.07) is 7.39. The molecule has 0 saturated heterocycles. The Labute approximate surface area is 115 Å². The summed E-state index contributed by atoms with van der Waals surface area (Å²) in [7, 11) is 0. The van der Waals surface area contributed by atoms with Gasteiger partial charge in [0.25, 0.3) is 0 Å². The third kappa shape index (κ3) is 6.25. The largest absolute Gasteiger partial charge is 0.491 e. The fourth-order valence-electron chi connectivity index (χ4n) is 1.40. The molecule has 1 rings (SSSR count). The zero-order chi connectivity index (χ0) is 14.3. The van der Waals surface area contributed by atoms with Crippen molar-refractivity contribution >= 4 is 11.6 Å². The maximum absolute atomic E-state index is 11.6. The molecular weight excluding hydrogens is 242 g/mol. The highest BCUT2D eigenvalue weighted by atomic mass is 16.5. The maximum atomic E-state index is 11.6. The molecule has 19 heavy (non-hydrogen) atoms. The van der Waals surface area contributed by atoms with Crippen molar-refractivity contribution in [1.82, 2.24) is 0 Å². The SMILES string of the molecule is CCC(C)Oc1cccc(NC(=O)COC(C)C)c1. The van der Waals surface area contributed by atoms with Crippen molar-refractivity contribution in [1.29, 1.82) is 0 Å². The van der Waals surface area contributed by atoms with Crippen molar-refractivity contribution in [2.24, 2.45) is 0 Å². The first-order valence-electron chi connectivity index (χ1n) is 6.69.